The van der Waals surface area contributed by atoms with Gasteiger partial charge in [-0.2, -0.15) is 0 Å². The maximum Gasteiger partial charge on any atom is 0.311 e. The van der Waals surface area contributed by atoms with E-state index in [1.165, 1.54) is 0 Å². The molecule has 0 radical (unpaired) electrons. The third-order valence-corrected chi connectivity index (χ3v) is 4.66. The first-order valence-corrected chi connectivity index (χ1v) is 7.86. The first-order valence-electron chi connectivity index (χ1n) is 7.07. The summed E-state index contributed by atoms with van der Waals surface area (Å²) in [5, 5.41) is 12.3. The predicted octanol–water partition coefficient (Wildman–Crippen LogP) is 2.86. The lowest BCUT2D eigenvalue weighted by Crippen LogP contribution is -2.45. The van der Waals surface area contributed by atoms with E-state index in [2.05, 4.69) is 33.2 Å². The van der Waals surface area contributed by atoms with Crippen LogP contribution in [0.1, 0.15) is 43.1 Å². The molecule has 6 heteroatoms. The van der Waals surface area contributed by atoms with Crippen LogP contribution in [-0.2, 0) is 4.79 Å². The number of aromatic nitrogens is 1. The average molecular weight is 355 g/mol. The molecule has 0 bridgehead atoms. The number of carbonyl (C=O) groups is 2. The highest BCUT2D eigenvalue weighted by Crippen LogP contribution is 2.38. The normalized spacial score (nSPS) is 25.3. The molecule has 0 unspecified atom stereocenters. The van der Waals surface area contributed by atoms with Gasteiger partial charge in [0.25, 0.3) is 5.91 Å². The first kappa shape index (κ1) is 15.9. The fourth-order valence-corrected chi connectivity index (χ4v) is 3.00. The third kappa shape index (κ3) is 3.81. The van der Waals surface area contributed by atoms with Crippen molar-refractivity contribution in [2.24, 2.45) is 11.3 Å². The summed E-state index contributed by atoms with van der Waals surface area (Å²) in [5.74, 6) is -0.604. The average Bonchev–Trinajstić information content (AvgIpc) is 2.46. The van der Waals surface area contributed by atoms with Crippen molar-refractivity contribution in [3.63, 3.8) is 0 Å². The minimum absolute atomic E-state index is 0.155. The largest absolute Gasteiger partial charge is 0.481 e. The molecule has 1 aromatic heterocycles. The lowest BCUT2D eigenvalue weighted by atomic mass is 9.71. The van der Waals surface area contributed by atoms with E-state index >= 15 is 0 Å². The van der Waals surface area contributed by atoms with Crippen molar-refractivity contribution in [2.45, 2.75) is 32.6 Å². The number of amides is 1. The van der Waals surface area contributed by atoms with Crippen LogP contribution in [0.4, 0.5) is 0 Å². The van der Waals surface area contributed by atoms with Crippen LogP contribution in [0, 0.1) is 11.3 Å². The number of nitrogens with zero attached hydrogens (tertiary/aromatic N) is 1. The van der Waals surface area contributed by atoms with Crippen molar-refractivity contribution in [1.82, 2.24) is 10.3 Å². The van der Waals surface area contributed by atoms with Gasteiger partial charge in [0.15, 0.2) is 0 Å². The van der Waals surface area contributed by atoms with Gasteiger partial charge >= 0.3 is 5.97 Å². The number of rotatable bonds is 4. The molecule has 1 aliphatic carbocycles. The Hall–Kier alpha value is -1.43. The maximum absolute atomic E-state index is 12.1. The van der Waals surface area contributed by atoms with Gasteiger partial charge in [-0.1, -0.05) is 13.0 Å². The van der Waals surface area contributed by atoms with E-state index in [-0.39, 0.29) is 18.1 Å². The molecular formula is C15H19BrN2O3. The Morgan fingerprint density at radius 3 is 2.67 bits per heavy atom. The number of hydrogen-bond acceptors (Lipinski definition) is 3. The number of carboxylic acids is 1. The highest BCUT2D eigenvalue weighted by atomic mass is 79.9. The van der Waals surface area contributed by atoms with Crippen LogP contribution in [-0.4, -0.2) is 28.5 Å². The van der Waals surface area contributed by atoms with E-state index in [1.807, 2.05) is 0 Å². The summed E-state index contributed by atoms with van der Waals surface area (Å²) in [5.41, 5.74) is -0.553. The van der Waals surface area contributed by atoms with E-state index in [0.29, 0.717) is 23.4 Å². The van der Waals surface area contributed by atoms with Crippen molar-refractivity contribution in [3.8, 4) is 0 Å². The van der Waals surface area contributed by atoms with Crippen LogP contribution >= 0.6 is 15.9 Å². The van der Waals surface area contributed by atoms with Gasteiger partial charge in [-0.05, 0) is 59.7 Å². The fraction of sp³-hybridized carbons (Fsp3) is 0.533. The maximum atomic E-state index is 12.1. The van der Waals surface area contributed by atoms with Gasteiger partial charge in [0, 0.05) is 6.54 Å². The number of carboxylic acid groups (broad SMARTS) is 1. The highest BCUT2D eigenvalue weighted by molar-refractivity contribution is 9.10. The smallest absolute Gasteiger partial charge is 0.311 e. The molecule has 1 fully saturated rings. The van der Waals surface area contributed by atoms with Gasteiger partial charge in [0.05, 0.1) is 5.41 Å². The van der Waals surface area contributed by atoms with Crippen LogP contribution in [0.15, 0.2) is 22.8 Å². The SMILES string of the molecule is CC1CCC(CNC(=O)c2cccc(Br)n2)(C(=O)O)CC1. The van der Waals surface area contributed by atoms with Crippen molar-refractivity contribution in [3.05, 3.63) is 28.5 Å². The molecular weight excluding hydrogens is 336 g/mol. The first-order chi connectivity index (χ1) is 9.93. The number of halogens is 1. The second kappa shape index (κ2) is 6.56. The summed E-state index contributed by atoms with van der Waals surface area (Å²) in [6.45, 7) is 2.29. The van der Waals surface area contributed by atoms with Gasteiger partial charge in [-0.3, -0.25) is 9.59 Å². The van der Waals surface area contributed by atoms with E-state index < -0.39 is 11.4 Å². The van der Waals surface area contributed by atoms with Crippen molar-refractivity contribution in [1.29, 1.82) is 0 Å². The number of aliphatic carboxylic acids is 1. The van der Waals surface area contributed by atoms with E-state index in [1.54, 1.807) is 18.2 Å². The van der Waals surface area contributed by atoms with Gasteiger partial charge in [-0.15, -0.1) is 0 Å². The van der Waals surface area contributed by atoms with Gasteiger partial charge < -0.3 is 10.4 Å². The van der Waals surface area contributed by atoms with Crippen LogP contribution in [0.3, 0.4) is 0 Å². The van der Waals surface area contributed by atoms with E-state index in [9.17, 15) is 14.7 Å². The molecule has 0 atom stereocenters. The predicted molar refractivity (Wildman–Crippen MR) is 82.0 cm³/mol. The summed E-state index contributed by atoms with van der Waals surface area (Å²) < 4.78 is 0.578. The Morgan fingerprint density at radius 1 is 1.43 bits per heavy atom. The number of carbonyl (C=O) groups excluding carboxylic acids is 1. The number of hydrogen-bond donors (Lipinski definition) is 2. The third-order valence-electron chi connectivity index (χ3n) is 4.22. The fourth-order valence-electron chi connectivity index (χ4n) is 2.66. The van der Waals surface area contributed by atoms with Crippen molar-refractivity contribution < 1.29 is 14.7 Å². The Bertz CT molecular complexity index is 539. The minimum Gasteiger partial charge on any atom is -0.481 e. The van der Waals surface area contributed by atoms with E-state index in [4.69, 9.17) is 0 Å². The summed E-state index contributed by atoms with van der Waals surface area (Å²) in [6.07, 6.45) is 2.99. The van der Waals surface area contributed by atoms with Gasteiger partial charge in [-0.25, -0.2) is 4.98 Å². The molecule has 21 heavy (non-hydrogen) atoms. The Morgan fingerprint density at radius 2 is 2.10 bits per heavy atom. The topological polar surface area (TPSA) is 79.3 Å². The van der Waals surface area contributed by atoms with Gasteiger partial charge in [0.2, 0.25) is 0 Å². The zero-order valence-corrected chi connectivity index (χ0v) is 13.5. The monoisotopic (exact) mass is 354 g/mol. The second-order valence-corrected chi connectivity index (χ2v) is 6.61. The second-order valence-electron chi connectivity index (χ2n) is 5.80. The Labute approximate surface area is 132 Å². The summed E-state index contributed by atoms with van der Waals surface area (Å²) in [7, 11) is 0. The molecule has 0 aromatic carbocycles. The molecule has 1 saturated carbocycles. The van der Waals surface area contributed by atoms with Crippen LogP contribution < -0.4 is 5.32 Å². The Balaban J connectivity index is 2.02. The molecule has 1 heterocycles. The van der Waals surface area contributed by atoms with Gasteiger partial charge in [0.1, 0.15) is 10.3 Å². The lowest BCUT2D eigenvalue weighted by molar-refractivity contribution is -0.151. The molecule has 0 aliphatic heterocycles. The number of nitrogens with one attached hydrogen (secondary N) is 1. The summed E-state index contributed by atoms with van der Waals surface area (Å²) >= 11 is 3.21. The van der Waals surface area contributed by atoms with E-state index in [0.717, 1.165) is 12.8 Å². The standard InChI is InChI=1S/C15H19BrN2O3/c1-10-5-7-15(8-6-10,14(20)21)9-17-13(19)11-3-2-4-12(16)18-11/h2-4,10H,5-9H2,1H3,(H,17,19)(H,20,21). The minimum atomic E-state index is -0.839. The summed E-state index contributed by atoms with van der Waals surface area (Å²) in [4.78, 5) is 27.8. The zero-order chi connectivity index (χ0) is 15.5. The molecule has 5 nitrogen and oxygen atoms in total. The molecule has 0 spiro atoms. The van der Waals surface area contributed by atoms with Crippen molar-refractivity contribution in [2.75, 3.05) is 6.54 Å². The molecule has 2 N–H and O–H groups in total. The summed E-state index contributed by atoms with van der Waals surface area (Å²) in [6, 6.07) is 5.07. The quantitative estimate of drug-likeness (QED) is 0.814. The van der Waals surface area contributed by atoms with Crippen LogP contribution in [0.5, 0.6) is 0 Å². The zero-order valence-electron chi connectivity index (χ0n) is 11.9. The van der Waals surface area contributed by atoms with Crippen molar-refractivity contribution >= 4 is 27.8 Å². The molecule has 2 rings (SSSR count). The molecule has 0 saturated heterocycles. The lowest BCUT2D eigenvalue weighted by Gasteiger charge is -2.35. The van der Waals surface area contributed by atoms with Crippen LogP contribution in [0.25, 0.3) is 0 Å². The van der Waals surface area contributed by atoms with Crippen LogP contribution in [0.2, 0.25) is 0 Å². The molecule has 1 aliphatic rings. The highest BCUT2D eigenvalue weighted by Gasteiger charge is 2.41. The number of pyridine rings is 1. The molecule has 1 aromatic rings. The molecule has 1 amide bonds. The molecule has 114 valence electrons. The Kier molecular flexibility index (Phi) is 4.98.